The minimum atomic E-state index is -0.452. The molecular formula is C23H32O5. The van der Waals surface area contributed by atoms with Gasteiger partial charge in [-0.2, -0.15) is 0 Å². The van der Waals surface area contributed by atoms with Crippen LogP contribution in [0.5, 0.6) is 0 Å². The number of rotatable bonds is 4. The topological polar surface area (TPSA) is 65.1 Å². The lowest BCUT2D eigenvalue weighted by Crippen LogP contribution is -2.57. The Hall–Kier alpha value is -1.36. The summed E-state index contributed by atoms with van der Waals surface area (Å²) in [4.78, 5) is 25.3. The summed E-state index contributed by atoms with van der Waals surface area (Å²) >= 11 is 0. The molecule has 8 unspecified atom stereocenters. The van der Waals surface area contributed by atoms with Crippen molar-refractivity contribution in [2.45, 2.75) is 95.0 Å². The van der Waals surface area contributed by atoms with Gasteiger partial charge in [0.15, 0.2) is 0 Å². The Bertz CT molecular complexity index is 712. The van der Waals surface area contributed by atoms with Gasteiger partial charge in [-0.1, -0.05) is 6.58 Å². The summed E-state index contributed by atoms with van der Waals surface area (Å²) < 4.78 is 17.9. The van der Waals surface area contributed by atoms with Crippen molar-refractivity contribution in [3.63, 3.8) is 0 Å². The molecule has 0 spiro atoms. The van der Waals surface area contributed by atoms with E-state index in [0.29, 0.717) is 29.7 Å². The summed E-state index contributed by atoms with van der Waals surface area (Å²) in [7, 11) is 0. The molecule has 5 rings (SSSR count). The predicted octanol–water partition coefficient (Wildman–Crippen LogP) is 3.94. The van der Waals surface area contributed by atoms with Crippen molar-refractivity contribution in [2.24, 2.45) is 23.7 Å². The fraction of sp³-hybridized carbons (Fsp3) is 0.826. The van der Waals surface area contributed by atoms with Gasteiger partial charge in [-0.05, 0) is 83.0 Å². The van der Waals surface area contributed by atoms with Crippen LogP contribution >= 0.6 is 0 Å². The Balaban J connectivity index is 1.31. The maximum absolute atomic E-state index is 13.1. The second kappa shape index (κ2) is 6.32. The molecule has 1 heterocycles. The molecule has 154 valence electrons. The van der Waals surface area contributed by atoms with Crippen molar-refractivity contribution in [1.29, 1.82) is 0 Å². The van der Waals surface area contributed by atoms with E-state index in [-0.39, 0.29) is 35.7 Å². The zero-order valence-corrected chi connectivity index (χ0v) is 17.1. The highest BCUT2D eigenvalue weighted by Gasteiger charge is 2.59. The summed E-state index contributed by atoms with van der Waals surface area (Å²) in [5.41, 5.74) is -0.00555. The second-order valence-corrected chi connectivity index (χ2v) is 10.4. The zero-order valence-electron chi connectivity index (χ0n) is 17.1. The van der Waals surface area contributed by atoms with Gasteiger partial charge in [0, 0.05) is 12.0 Å². The third-order valence-corrected chi connectivity index (χ3v) is 8.28. The van der Waals surface area contributed by atoms with Crippen LogP contribution in [-0.4, -0.2) is 35.3 Å². The number of ether oxygens (including phenoxy) is 3. The van der Waals surface area contributed by atoms with Crippen LogP contribution in [0.2, 0.25) is 0 Å². The Morgan fingerprint density at radius 2 is 1.93 bits per heavy atom. The normalized spacial score (nSPS) is 48.4. The lowest BCUT2D eigenvalue weighted by molar-refractivity contribution is -0.205. The van der Waals surface area contributed by atoms with Crippen LogP contribution in [0.25, 0.3) is 0 Å². The lowest BCUT2D eigenvalue weighted by atomic mass is 9.54. The Morgan fingerprint density at radius 3 is 2.68 bits per heavy atom. The molecule has 0 N–H and O–H groups in total. The van der Waals surface area contributed by atoms with Gasteiger partial charge in [0.25, 0.3) is 0 Å². The molecule has 28 heavy (non-hydrogen) atoms. The smallest absolute Gasteiger partial charge is 0.333 e. The van der Waals surface area contributed by atoms with Crippen molar-refractivity contribution >= 4 is 11.9 Å². The minimum absolute atomic E-state index is 0.0107. The molecule has 5 heteroatoms. The molecule has 5 nitrogen and oxygen atoms in total. The first-order chi connectivity index (χ1) is 13.3. The number of epoxide rings is 1. The number of fused-ring (bicyclic) bond motifs is 3. The number of hydrogen-bond donors (Lipinski definition) is 0. The average Bonchev–Trinajstić information content (AvgIpc) is 3.30. The van der Waals surface area contributed by atoms with Gasteiger partial charge in [-0.25, -0.2) is 4.79 Å². The summed E-state index contributed by atoms with van der Waals surface area (Å²) in [6.45, 7) is 7.56. The van der Waals surface area contributed by atoms with Crippen LogP contribution in [0.1, 0.15) is 71.6 Å². The molecule has 0 radical (unpaired) electrons. The molecular weight excluding hydrogens is 356 g/mol. The highest BCUT2D eigenvalue weighted by molar-refractivity contribution is 5.87. The molecule has 0 aromatic rings. The quantitative estimate of drug-likeness (QED) is 0.415. The van der Waals surface area contributed by atoms with Gasteiger partial charge in [-0.3, -0.25) is 4.79 Å². The number of carbonyl (C=O) groups excluding carboxylic acids is 2. The summed E-state index contributed by atoms with van der Waals surface area (Å²) in [6.07, 6.45) is 8.62. The summed E-state index contributed by atoms with van der Waals surface area (Å²) in [5, 5.41) is 0. The van der Waals surface area contributed by atoms with Gasteiger partial charge in [0.2, 0.25) is 0 Å². The van der Waals surface area contributed by atoms with E-state index < -0.39 is 5.60 Å². The van der Waals surface area contributed by atoms with Crippen LogP contribution in [0, 0.1) is 23.7 Å². The maximum Gasteiger partial charge on any atom is 0.333 e. The first-order valence-electron chi connectivity index (χ1n) is 11.0. The third kappa shape index (κ3) is 3.10. The van der Waals surface area contributed by atoms with Crippen LogP contribution < -0.4 is 0 Å². The molecule has 0 aromatic heterocycles. The molecule has 4 saturated carbocycles. The van der Waals surface area contributed by atoms with Gasteiger partial charge in [0.1, 0.15) is 11.7 Å². The van der Waals surface area contributed by atoms with Gasteiger partial charge in [-0.15, -0.1) is 0 Å². The predicted molar refractivity (Wildman–Crippen MR) is 102 cm³/mol. The number of carbonyl (C=O) groups is 2. The van der Waals surface area contributed by atoms with Crippen LogP contribution in [-0.2, 0) is 23.8 Å². The number of hydrogen-bond acceptors (Lipinski definition) is 5. The second-order valence-electron chi connectivity index (χ2n) is 10.4. The van der Waals surface area contributed by atoms with Crippen molar-refractivity contribution in [1.82, 2.24) is 0 Å². The summed E-state index contributed by atoms with van der Waals surface area (Å²) in [5.74, 6) is 1.13. The molecule has 1 aliphatic heterocycles. The van der Waals surface area contributed by atoms with E-state index in [1.54, 1.807) is 6.92 Å². The monoisotopic (exact) mass is 388 g/mol. The average molecular weight is 389 g/mol. The highest BCUT2D eigenvalue weighted by Crippen LogP contribution is 2.57. The van der Waals surface area contributed by atoms with Crippen molar-refractivity contribution < 1.29 is 23.8 Å². The van der Waals surface area contributed by atoms with E-state index in [0.717, 1.165) is 44.9 Å². The molecule has 8 atom stereocenters. The first-order valence-corrected chi connectivity index (χ1v) is 11.0. The molecule has 3 bridgehead atoms. The van der Waals surface area contributed by atoms with E-state index in [1.807, 2.05) is 0 Å². The summed E-state index contributed by atoms with van der Waals surface area (Å²) in [6, 6.07) is 0. The molecule has 0 amide bonds. The Morgan fingerprint density at radius 1 is 1.11 bits per heavy atom. The Kier molecular flexibility index (Phi) is 4.21. The van der Waals surface area contributed by atoms with Crippen molar-refractivity contribution in [2.75, 3.05) is 0 Å². The van der Waals surface area contributed by atoms with E-state index in [4.69, 9.17) is 14.2 Å². The van der Waals surface area contributed by atoms with Crippen molar-refractivity contribution in [3.8, 4) is 0 Å². The van der Waals surface area contributed by atoms with Gasteiger partial charge >= 0.3 is 11.9 Å². The molecule has 1 saturated heterocycles. The van der Waals surface area contributed by atoms with Gasteiger partial charge in [0.05, 0.1) is 17.6 Å². The van der Waals surface area contributed by atoms with Crippen LogP contribution in [0.3, 0.4) is 0 Å². The van der Waals surface area contributed by atoms with Crippen LogP contribution in [0.15, 0.2) is 12.2 Å². The maximum atomic E-state index is 13.1. The van der Waals surface area contributed by atoms with E-state index >= 15 is 0 Å². The molecule has 5 aliphatic rings. The zero-order chi connectivity index (χ0) is 19.7. The number of esters is 2. The largest absolute Gasteiger partial charge is 0.459 e. The molecule has 5 fully saturated rings. The fourth-order valence-corrected chi connectivity index (χ4v) is 6.71. The first kappa shape index (κ1) is 18.7. The van der Waals surface area contributed by atoms with E-state index in [2.05, 4.69) is 13.5 Å². The van der Waals surface area contributed by atoms with Gasteiger partial charge < -0.3 is 14.2 Å². The van der Waals surface area contributed by atoms with E-state index in [1.165, 1.54) is 6.42 Å². The molecule has 4 aliphatic carbocycles. The molecule has 0 aromatic carbocycles. The lowest BCUT2D eigenvalue weighted by Gasteiger charge is -2.56. The SMILES string of the molecule is C=C(C)C(=O)OC1CC2(OC(=O)C3CCC4(C)OC4C3)CC3CCC1C(C3)C2. The minimum Gasteiger partial charge on any atom is -0.459 e. The highest BCUT2D eigenvalue weighted by atomic mass is 16.6. The standard InChI is InChI=1S/C23H32O5/c1-13(2)20(24)26-18-12-23(10-14-4-5-17(18)16(8-14)11-23)28-21(25)15-6-7-22(3)19(9-15)27-22/h14-19H,1,4-12H2,2-3H3. The van der Waals surface area contributed by atoms with Crippen molar-refractivity contribution in [3.05, 3.63) is 12.2 Å². The van der Waals surface area contributed by atoms with Crippen LogP contribution in [0.4, 0.5) is 0 Å². The third-order valence-electron chi connectivity index (χ3n) is 8.28. The fourth-order valence-electron chi connectivity index (χ4n) is 6.71. The Labute approximate surface area is 167 Å². The van der Waals surface area contributed by atoms with E-state index in [9.17, 15) is 9.59 Å².